The number of nitrogens with zero attached hydrogens (tertiary/aromatic N) is 4. The molecule has 1 aromatic carbocycles. The van der Waals surface area contributed by atoms with Crippen LogP contribution >= 0.6 is 0 Å². The molecule has 7 heteroatoms. The fourth-order valence-electron chi connectivity index (χ4n) is 4.08. The number of likely N-dealkylation sites (tertiary alicyclic amines) is 1. The van der Waals surface area contributed by atoms with Crippen LogP contribution in [0.15, 0.2) is 48.8 Å². The van der Waals surface area contributed by atoms with Crippen molar-refractivity contribution in [1.82, 2.24) is 19.2 Å². The van der Waals surface area contributed by atoms with Crippen molar-refractivity contribution in [2.24, 2.45) is 5.92 Å². The number of piperidine rings is 1. The smallest absolute Gasteiger partial charge is 0.309 e. The molecule has 162 valence electrons. The number of ether oxygens (including phenoxy) is 1. The van der Waals surface area contributed by atoms with E-state index in [-0.39, 0.29) is 17.8 Å². The maximum absolute atomic E-state index is 13.6. The van der Waals surface area contributed by atoms with Crippen LogP contribution in [0, 0.1) is 19.8 Å². The SMILES string of the molecule is CCOC(=O)C1CCN(C(=O)c2c(C)nn(-c3ccc(C)cc3)c2-n2cccc2)CC1. The van der Waals surface area contributed by atoms with Gasteiger partial charge >= 0.3 is 5.97 Å². The Hall–Kier alpha value is -3.35. The van der Waals surface area contributed by atoms with Crippen molar-refractivity contribution in [2.45, 2.75) is 33.6 Å². The Morgan fingerprint density at radius 3 is 2.32 bits per heavy atom. The minimum Gasteiger partial charge on any atom is -0.466 e. The number of hydrogen-bond donors (Lipinski definition) is 0. The summed E-state index contributed by atoms with van der Waals surface area (Å²) in [6.45, 7) is 7.17. The number of aryl methyl sites for hydroxylation is 2. The molecular formula is C24H28N4O3. The molecule has 3 heterocycles. The molecule has 1 saturated heterocycles. The number of benzene rings is 1. The van der Waals surface area contributed by atoms with E-state index in [9.17, 15) is 9.59 Å². The Morgan fingerprint density at radius 2 is 1.71 bits per heavy atom. The van der Waals surface area contributed by atoms with Crippen LogP contribution in [0.1, 0.15) is 41.4 Å². The molecule has 1 fully saturated rings. The number of carbonyl (C=O) groups is 2. The van der Waals surface area contributed by atoms with Gasteiger partial charge in [-0.15, -0.1) is 0 Å². The van der Waals surface area contributed by atoms with E-state index >= 15 is 0 Å². The molecule has 1 amide bonds. The van der Waals surface area contributed by atoms with Crippen molar-refractivity contribution >= 4 is 11.9 Å². The zero-order valence-corrected chi connectivity index (χ0v) is 18.2. The molecule has 0 unspecified atom stereocenters. The molecule has 0 aliphatic carbocycles. The Bertz CT molecular complexity index is 1060. The molecule has 4 rings (SSSR count). The van der Waals surface area contributed by atoms with E-state index in [2.05, 4.69) is 0 Å². The predicted octanol–water partition coefficient (Wildman–Crippen LogP) is 3.70. The minimum absolute atomic E-state index is 0.0538. The van der Waals surface area contributed by atoms with Gasteiger partial charge in [0.05, 0.1) is 23.9 Å². The Kier molecular flexibility index (Phi) is 5.93. The Balaban J connectivity index is 1.66. The largest absolute Gasteiger partial charge is 0.466 e. The molecular weight excluding hydrogens is 392 g/mol. The van der Waals surface area contributed by atoms with Gasteiger partial charge in [0, 0.05) is 25.5 Å². The summed E-state index contributed by atoms with van der Waals surface area (Å²) in [5, 5.41) is 4.72. The lowest BCUT2D eigenvalue weighted by Gasteiger charge is -2.31. The second-order valence-corrected chi connectivity index (χ2v) is 7.94. The van der Waals surface area contributed by atoms with Crippen LogP contribution in [0.2, 0.25) is 0 Å². The summed E-state index contributed by atoms with van der Waals surface area (Å²) in [4.78, 5) is 27.5. The van der Waals surface area contributed by atoms with Crippen molar-refractivity contribution in [3.63, 3.8) is 0 Å². The highest BCUT2D eigenvalue weighted by Gasteiger charge is 2.32. The van der Waals surface area contributed by atoms with Gasteiger partial charge in [-0.1, -0.05) is 17.7 Å². The second-order valence-electron chi connectivity index (χ2n) is 7.94. The highest BCUT2D eigenvalue weighted by molar-refractivity contribution is 5.98. The van der Waals surface area contributed by atoms with Gasteiger partial charge in [0.15, 0.2) is 5.82 Å². The van der Waals surface area contributed by atoms with E-state index in [1.54, 1.807) is 0 Å². The van der Waals surface area contributed by atoms with Crippen LogP contribution in [0.3, 0.4) is 0 Å². The number of esters is 1. The summed E-state index contributed by atoms with van der Waals surface area (Å²) >= 11 is 0. The quantitative estimate of drug-likeness (QED) is 0.590. The minimum atomic E-state index is -0.161. The van der Waals surface area contributed by atoms with Gasteiger partial charge in [-0.25, -0.2) is 4.68 Å². The number of hydrogen-bond acceptors (Lipinski definition) is 4. The third-order valence-corrected chi connectivity index (χ3v) is 5.78. The van der Waals surface area contributed by atoms with Crippen molar-refractivity contribution in [3.8, 4) is 11.5 Å². The highest BCUT2D eigenvalue weighted by atomic mass is 16.5. The van der Waals surface area contributed by atoms with E-state index in [0.717, 1.165) is 17.1 Å². The molecule has 0 atom stereocenters. The first kappa shape index (κ1) is 20.9. The first-order valence-electron chi connectivity index (χ1n) is 10.8. The van der Waals surface area contributed by atoms with Crippen LogP contribution in [0.25, 0.3) is 11.5 Å². The number of aromatic nitrogens is 3. The molecule has 1 aliphatic rings. The van der Waals surface area contributed by atoms with Crippen LogP contribution in [-0.4, -0.2) is 50.8 Å². The number of rotatable bonds is 5. The zero-order chi connectivity index (χ0) is 22.0. The highest BCUT2D eigenvalue weighted by Crippen LogP contribution is 2.27. The lowest BCUT2D eigenvalue weighted by molar-refractivity contribution is -0.149. The van der Waals surface area contributed by atoms with Gasteiger partial charge in [-0.05, 0) is 57.9 Å². The zero-order valence-electron chi connectivity index (χ0n) is 18.2. The van der Waals surface area contributed by atoms with Crippen LogP contribution in [0.4, 0.5) is 0 Å². The van der Waals surface area contributed by atoms with Crippen LogP contribution < -0.4 is 0 Å². The van der Waals surface area contributed by atoms with Gasteiger partial charge in [-0.3, -0.25) is 9.59 Å². The normalized spacial score (nSPS) is 14.6. The summed E-state index contributed by atoms with van der Waals surface area (Å²) < 4.78 is 8.91. The maximum Gasteiger partial charge on any atom is 0.309 e. The molecule has 0 N–H and O–H groups in total. The van der Waals surface area contributed by atoms with Crippen molar-refractivity contribution in [2.75, 3.05) is 19.7 Å². The van der Waals surface area contributed by atoms with Crippen molar-refractivity contribution in [3.05, 3.63) is 65.6 Å². The lowest BCUT2D eigenvalue weighted by atomic mass is 9.96. The average molecular weight is 421 g/mol. The standard InChI is InChI=1S/C24H28N4O3/c1-4-31-24(30)19-11-15-27(16-12-19)23(29)21-18(3)25-28(20-9-7-17(2)8-10-20)22(21)26-13-5-6-14-26/h5-10,13-14,19H,4,11-12,15-16H2,1-3H3. The number of amides is 1. The summed E-state index contributed by atoms with van der Waals surface area (Å²) in [6.07, 6.45) is 5.08. The summed E-state index contributed by atoms with van der Waals surface area (Å²) in [7, 11) is 0. The first-order chi connectivity index (χ1) is 15.0. The van der Waals surface area contributed by atoms with Crippen molar-refractivity contribution in [1.29, 1.82) is 0 Å². The van der Waals surface area contributed by atoms with Gasteiger partial charge in [-0.2, -0.15) is 5.10 Å². The Labute approximate surface area is 182 Å². The topological polar surface area (TPSA) is 69.4 Å². The molecule has 1 aliphatic heterocycles. The molecule has 7 nitrogen and oxygen atoms in total. The van der Waals surface area contributed by atoms with Gasteiger partial charge in [0.1, 0.15) is 5.56 Å². The van der Waals surface area contributed by atoms with Crippen LogP contribution in [-0.2, 0) is 9.53 Å². The maximum atomic E-state index is 13.6. The van der Waals surface area contributed by atoms with E-state index in [0.29, 0.717) is 43.8 Å². The third kappa shape index (κ3) is 4.13. The average Bonchev–Trinajstić information content (AvgIpc) is 3.42. The van der Waals surface area contributed by atoms with E-state index in [1.807, 2.05) is 83.7 Å². The Morgan fingerprint density at radius 1 is 1.06 bits per heavy atom. The molecule has 2 aromatic heterocycles. The summed E-state index contributed by atoms with van der Waals surface area (Å²) in [5.74, 6) is 0.376. The molecule has 3 aromatic rings. The molecule has 0 saturated carbocycles. The first-order valence-corrected chi connectivity index (χ1v) is 10.8. The fraction of sp³-hybridized carbons (Fsp3) is 0.375. The summed E-state index contributed by atoms with van der Waals surface area (Å²) in [5.41, 5.74) is 3.33. The third-order valence-electron chi connectivity index (χ3n) is 5.78. The van der Waals surface area contributed by atoms with E-state index < -0.39 is 0 Å². The molecule has 0 spiro atoms. The van der Waals surface area contributed by atoms with E-state index in [4.69, 9.17) is 9.84 Å². The lowest BCUT2D eigenvalue weighted by Crippen LogP contribution is -2.41. The van der Waals surface area contributed by atoms with E-state index in [1.165, 1.54) is 0 Å². The molecule has 0 bridgehead atoms. The van der Waals surface area contributed by atoms with Gasteiger partial charge in [0.25, 0.3) is 5.91 Å². The monoisotopic (exact) mass is 420 g/mol. The predicted molar refractivity (Wildman–Crippen MR) is 118 cm³/mol. The van der Waals surface area contributed by atoms with Crippen LogP contribution in [0.5, 0.6) is 0 Å². The second kappa shape index (κ2) is 8.79. The molecule has 0 radical (unpaired) electrons. The fourth-order valence-corrected chi connectivity index (χ4v) is 4.08. The van der Waals surface area contributed by atoms with Gasteiger partial charge in [0.2, 0.25) is 0 Å². The number of carbonyl (C=O) groups excluding carboxylic acids is 2. The van der Waals surface area contributed by atoms with Crippen molar-refractivity contribution < 1.29 is 14.3 Å². The molecule has 31 heavy (non-hydrogen) atoms. The summed E-state index contributed by atoms with van der Waals surface area (Å²) in [6, 6.07) is 11.9. The van der Waals surface area contributed by atoms with Gasteiger partial charge < -0.3 is 14.2 Å².